The highest BCUT2D eigenvalue weighted by molar-refractivity contribution is 5.85. The number of nitrogens with zero attached hydrogens (tertiary/aromatic N) is 3. The standard InChI is InChI=1S/C21H24N4O/c22-20-19-18(24-21(16-3-1-4-16)25(19)11-10-23-20)15-8-6-14(7-9-15)13-17-5-2-12-26-17/h6-11,16-17H,1-5,12-13H2,(H2,22,23). The van der Waals surface area contributed by atoms with Gasteiger partial charge in [-0.15, -0.1) is 0 Å². The van der Waals surface area contributed by atoms with Gasteiger partial charge in [-0.25, -0.2) is 9.97 Å². The number of nitrogens with two attached hydrogens (primary N) is 1. The zero-order chi connectivity index (χ0) is 17.5. The predicted molar refractivity (Wildman–Crippen MR) is 102 cm³/mol. The SMILES string of the molecule is Nc1nccn2c(C3CCC3)nc(-c3ccc(CC4CCCO4)cc3)c12. The molecular weight excluding hydrogens is 324 g/mol. The monoisotopic (exact) mass is 348 g/mol. The summed E-state index contributed by atoms with van der Waals surface area (Å²) in [6, 6.07) is 8.70. The van der Waals surface area contributed by atoms with Crippen molar-refractivity contribution >= 4 is 11.3 Å². The first kappa shape index (κ1) is 15.8. The third kappa shape index (κ3) is 2.67. The average Bonchev–Trinajstić information content (AvgIpc) is 3.24. The number of hydrogen-bond acceptors (Lipinski definition) is 4. The molecule has 5 nitrogen and oxygen atoms in total. The van der Waals surface area contributed by atoms with Crippen LogP contribution in [0.25, 0.3) is 16.8 Å². The maximum absolute atomic E-state index is 6.22. The second-order valence-electron chi connectivity index (χ2n) is 7.51. The van der Waals surface area contributed by atoms with Crippen molar-refractivity contribution < 1.29 is 4.74 Å². The molecule has 0 radical (unpaired) electrons. The Morgan fingerprint density at radius 1 is 1.12 bits per heavy atom. The molecule has 0 bridgehead atoms. The first-order valence-electron chi connectivity index (χ1n) is 9.63. The van der Waals surface area contributed by atoms with E-state index in [4.69, 9.17) is 15.5 Å². The molecule has 26 heavy (non-hydrogen) atoms. The maximum Gasteiger partial charge on any atom is 0.150 e. The van der Waals surface area contributed by atoms with Gasteiger partial charge < -0.3 is 10.5 Å². The molecule has 0 amide bonds. The normalized spacial score (nSPS) is 20.5. The van der Waals surface area contributed by atoms with Crippen molar-refractivity contribution in [3.63, 3.8) is 0 Å². The summed E-state index contributed by atoms with van der Waals surface area (Å²) in [5.41, 5.74) is 10.5. The quantitative estimate of drug-likeness (QED) is 0.775. The van der Waals surface area contributed by atoms with Gasteiger partial charge in [0.15, 0.2) is 0 Å². The topological polar surface area (TPSA) is 65.4 Å². The molecule has 3 heterocycles. The minimum atomic E-state index is 0.374. The van der Waals surface area contributed by atoms with E-state index in [-0.39, 0.29) is 0 Å². The Morgan fingerprint density at radius 2 is 1.96 bits per heavy atom. The van der Waals surface area contributed by atoms with Crippen molar-refractivity contribution in [2.75, 3.05) is 12.3 Å². The summed E-state index contributed by atoms with van der Waals surface area (Å²) in [5.74, 6) is 2.21. The van der Waals surface area contributed by atoms with E-state index in [0.717, 1.165) is 35.6 Å². The molecule has 3 aromatic rings. The smallest absolute Gasteiger partial charge is 0.150 e. The summed E-state index contributed by atoms with van der Waals surface area (Å²) >= 11 is 0. The number of benzene rings is 1. The number of hydrogen-bond donors (Lipinski definition) is 1. The fourth-order valence-corrected chi connectivity index (χ4v) is 4.11. The molecule has 5 rings (SSSR count). The number of rotatable bonds is 4. The maximum atomic E-state index is 6.22. The minimum Gasteiger partial charge on any atom is -0.382 e. The van der Waals surface area contributed by atoms with Crippen LogP contribution in [0.15, 0.2) is 36.7 Å². The van der Waals surface area contributed by atoms with E-state index < -0.39 is 0 Å². The van der Waals surface area contributed by atoms with Gasteiger partial charge in [0.05, 0.1) is 6.10 Å². The summed E-state index contributed by atoms with van der Waals surface area (Å²) in [7, 11) is 0. The molecule has 1 saturated carbocycles. The Bertz CT molecular complexity index is 921. The lowest BCUT2D eigenvalue weighted by molar-refractivity contribution is 0.111. The van der Waals surface area contributed by atoms with Crippen molar-refractivity contribution in [1.82, 2.24) is 14.4 Å². The lowest BCUT2D eigenvalue weighted by Crippen LogP contribution is -2.12. The van der Waals surface area contributed by atoms with Crippen LogP contribution in [0.2, 0.25) is 0 Å². The van der Waals surface area contributed by atoms with Gasteiger partial charge in [0.2, 0.25) is 0 Å². The third-order valence-electron chi connectivity index (χ3n) is 5.80. The Morgan fingerprint density at radius 3 is 2.65 bits per heavy atom. The van der Waals surface area contributed by atoms with E-state index in [1.165, 1.54) is 37.7 Å². The van der Waals surface area contributed by atoms with Gasteiger partial charge in [0.25, 0.3) is 0 Å². The van der Waals surface area contributed by atoms with E-state index in [2.05, 4.69) is 33.7 Å². The summed E-state index contributed by atoms with van der Waals surface area (Å²) in [6.45, 7) is 0.902. The highest BCUT2D eigenvalue weighted by Gasteiger charge is 2.26. The van der Waals surface area contributed by atoms with Crippen molar-refractivity contribution in [3.05, 3.63) is 48.0 Å². The van der Waals surface area contributed by atoms with Crippen LogP contribution in [-0.2, 0) is 11.2 Å². The molecule has 1 aliphatic carbocycles. The largest absolute Gasteiger partial charge is 0.382 e. The molecular formula is C21H24N4O. The fraction of sp³-hybridized carbons (Fsp3) is 0.429. The zero-order valence-electron chi connectivity index (χ0n) is 14.9. The van der Waals surface area contributed by atoms with Crippen LogP contribution in [-0.4, -0.2) is 27.1 Å². The summed E-state index contributed by atoms with van der Waals surface area (Å²) in [4.78, 5) is 9.29. The van der Waals surface area contributed by atoms with E-state index in [0.29, 0.717) is 17.8 Å². The molecule has 2 aromatic heterocycles. The van der Waals surface area contributed by atoms with Gasteiger partial charge in [-0.1, -0.05) is 30.7 Å². The fourth-order valence-electron chi connectivity index (χ4n) is 4.11. The predicted octanol–water partition coefficient (Wildman–Crippen LogP) is 3.97. The van der Waals surface area contributed by atoms with E-state index in [1.807, 2.05) is 6.20 Å². The Labute approximate surface area is 153 Å². The summed E-state index contributed by atoms with van der Waals surface area (Å²) < 4.78 is 7.89. The molecule has 1 atom stereocenters. The molecule has 2 fully saturated rings. The number of anilines is 1. The van der Waals surface area contributed by atoms with E-state index in [1.54, 1.807) is 6.20 Å². The first-order valence-corrected chi connectivity index (χ1v) is 9.63. The van der Waals surface area contributed by atoms with Crippen molar-refractivity contribution in [1.29, 1.82) is 0 Å². The van der Waals surface area contributed by atoms with Crippen LogP contribution >= 0.6 is 0 Å². The minimum absolute atomic E-state index is 0.374. The number of aromatic nitrogens is 3. The number of fused-ring (bicyclic) bond motifs is 1. The van der Waals surface area contributed by atoms with Crippen LogP contribution in [0.5, 0.6) is 0 Å². The van der Waals surface area contributed by atoms with Gasteiger partial charge in [-0.2, -0.15) is 0 Å². The Hall–Kier alpha value is -2.40. The molecule has 2 N–H and O–H groups in total. The van der Waals surface area contributed by atoms with Crippen LogP contribution in [0.3, 0.4) is 0 Å². The summed E-state index contributed by atoms with van der Waals surface area (Å²) in [5, 5.41) is 0. The zero-order valence-corrected chi connectivity index (χ0v) is 14.9. The molecule has 0 spiro atoms. The lowest BCUT2D eigenvalue weighted by atomic mass is 9.85. The Balaban J connectivity index is 1.51. The van der Waals surface area contributed by atoms with Gasteiger partial charge in [-0.05, 0) is 37.7 Å². The molecule has 134 valence electrons. The summed E-state index contributed by atoms with van der Waals surface area (Å²) in [6.07, 6.45) is 11.2. The number of nitrogen functional groups attached to an aromatic ring is 1. The molecule has 1 saturated heterocycles. The van der Waals surface area contributed by atoms with E-state index >= 15 is 0 Å². The van der Waals surface area contributed by atoms with Crippen molar-refractivity contribution in [3.8, 4) is 11.3 Å². The van der Waals surface area contributed by atoms with Crippen LogP contribution < -0.4 is 5.73 Å². The van der Waals surface area contributed by atoms with Crippen LogP contribution in [0.4, 0.5) is 5.82 Å². The second-order valence-corrected chi connectivity index (χ2v) is 7.51. The van der Waals surface area contributed by atoms with Crippen LogP contribution in [0, 0.1) is 0 Å². The molecule has 5 heteroatoms. The molecule has 2 aliphatic rings. The highest BCUT2D eigenvalue weighted by Crippen LogP contribution is 2.39. The van der Waals surface area contributed by atoms with Crippen molar-refractivity contribution in [2.24, 2.45) is 0 Å². The first-order chi connectivity index (χ1) is 12.8. The third-order valence-corrected chi connectivity index (χ3v) is 5.80. The number of imidazole rings is 1. The van der Waals surface area contributed by atoms with E-state index in [9.17, 15) is 0 Å². The number of ether oxygens (including phenoxy) is 1. The van der Waals surface area contributed by atoms with Crippen molar-refractivity contribution in [2.45, 2.75) is 50.5 Å². The lowest BCUT2D eigenvalue weighted by Gasteiger charge is -2.23. The Kier molecular flexibility index (Phi) is 3.89. The molecule has 1 aliphatic heterocycles. The van der Waals surface area contributed by atoms with Gasteiger partial charge >= 0.3 is 0 Å². The second kappa shape index (κ2) is 6.40. The van der Waals surface area contributed by atoms with Crippen LogP contribution in [0.1, 0.15) is 49.4 Å². The van der Waals surface area contributed by atoms with Gasteiger partial charge in [0, 0.05) is 30.5 Å². The van der Waals surface area contributed by atoms with Gasteiger partial charge in [-0.3, -0.25) is 4.40 Å². The van der Waals surface area contributed by atoms with Gasteiger partial charge in [0.1, 0.15) is 22.9 Å². The molecule has 1 unspecified atom stereocenters. The molecule has 1 aromatic carbocycles. The average molecular weight is 348 g/mol. The highest BCUT2D eigenvalue weighted by atomic mass is 16.5.